The van der Waals surface area contributed by atoms with Crippen LogP contribution in [0.4, 0.5) is 5.69 Å². The number of sulfonamides is 1. The number of aromatic hydroxyl groups is 1. The summed E-state index contributed by atoms with van der Waals surface area (Å²) in [5.41, 5.74) is 0.573. The molecule has 2 aromatic rings. The number of hydrogen-bond acceptors (Lipinski definition) is 4. The van der Waals surface area contributed by atoms with E-state index in [1.165, 1.54) is 49.5 Å². The van der Waals surface area contributed by atoms with Gasteiger partial charge in [0, 0.05) is 7.05 Å². The molecule has 0 saturated heterocycles. The lowest BCUT2D eigenvalue weighted by Crippen LogP contribution is -2.26. The third-order valence-electron chi connectivity index (χ3n) is 2.91. The van der Waals surface area contributed by atoms with Crippen LogP contribution in [0.1, 0.15) is 5.56 Å². The maximum absolute atomic E-state index is 12.6. The van der Waals surface area contributed by atoms with Crippen LogP contribution in [-0.4, -0.2) is 20.6 Å². The molecule has 0 fully saturated rings. The number of benzene rings is 2. The van der Waals surface area contributed by atoms with Gasteiger partial charge in [-0.3, -0.25) is 4.31 Å². The summed E-state index contributed by atoms with van der Waals surface area (Å²) in [6, 6.07) is 11.6. The fraction of sp³-hybridized carbons (Fsp3) is 0.0714. The number of rotatable bonds is 3. The SMILES string of the molecule is CN(c1ccc(O)cc1)S(=O)(=O)c1cc(C#N)ccc1Cl. The monoisotopic (exact) mass is 322 g/mol. The summed E-state index contributed by atoms with van der Waals surface area (Å²) in [4.78, 5) is -0.140. The van der Waals surface area contributed by atoms with Crippen LogP contribution in [0, 0.1) is 11.3 Å². The molecule has 7 heteroatoms. The van der Waals surface area contributed by atoms with E-state index in [2.05, 4.69) is 0 Å². The molecule has 2 rings (SSSR count). The first-order valence-electron chi connectivity index (χ1n) is 5.84. The number of phenolic OH excluding ortho intramolecular Hbond substituents is 1. The molecule has 21 heavy (non-hydrogen) atoms. The maximum Gasteiger partial charge on any atom is 0.265 e. The van der Waals surface area contributed by atoms with E-state index in [4.69, 9.17) is 16.9 Å². The standard InChI is InChI=1S/C14H11ClN2O3S/c1-17(11-3-5-12(18)6-4-11)21(19,20)14-8-10(9-16)2-7-13(14)15/h2-8,18H,1H3. The van der Waals surface area contributed by atoms with Crippen LogP contribution in [0.3, 0.4) is 0 Å². The number of nitriles is 1. The largest absolute Gasteiger partial charge is 0.508 e. The van der Waals surface area contributed by atoms with Crippen molar-refractivity contribution in [3.8, 4) is 11.8 Å². The Morgan fingerprint density at radius 2 is 1.81 bits per heavy atom. The van der Waals surface area contributed by atoms with E-state index >= 15 is 0 Å². The summed E-state index contributed by atoms with van der Waals surface area (Å²) >= 11 is 5.94. The molecule has 0 aliphatic heterocycles. The molecule has 0 amide bonds. The fourth-order valence-electron chi connectivity index (χ4n) is 1.72. The van der Waals surface area contributed by atoms with Gasteiger partial charge in [0.25, 0.3) is 10.0 Å². The van der Waals surface area contributed by atoms with Gasteiger partial charge < -0.3 is 5.11 Å². The van der Waals surface area contributed by atoms with Crippen LogP contribution in [0.15, 0.2) is 47.4 Å². The molecular formula is C14H11ClN2O3S. The Kier molecular flexibility index (Phi) is 4.07. The van der Waals surface area contributed by atoms with Gasteiger partial charge >= 0.3 is 0 Å². The molecule has 0 aliphatic rings. The van der Waals surface area contributed by atoms with Gasteiger partial charge in [-0.2, -0.15) is 5.26 Å². The minimum absolute atomic E-state index is 0.0362. The molecule has 0 radical (unpaired) electrons. The van der Waals surface area contributed by atoms with Gasteiger partial charge in [0.2, 0.25) is 0 Å². The minimum Gasteiger partial charge on any atom is -0.508 e. The van der Waals surface area contributed by atoms with Gasteiger partial charge in [-0.05, 0) is 42.5 Å². The molecule has 0 aromatic heterocycles. The lowest BCUT2D eigenvalue weighted by Gasteiger charge is -2.20. The fourth-order valence-corrected chi connectivity index (χ4v) is 3.41. The Hall–Kier alpha value is -2.23. The van der Waals surface area contributed by atoms with Gasteiger partial charge in [-0.15, -0.1) is 0 Å². The third-order valence-corrected chi connectivity index (χ3v) is 5.18. The van der Waals surface area contributed by atoms with Crippen molar-refractivity contribution in [2.24, 2.45) is 0 Å². The number of halogens is 1. The van der Waals surface area contributed by atoms with Crippen molar-refractivity contribution in [2.75, 3.05) is 11.4 Å². The Bertz CT molecular complexity index is 811. The first-order valence-corrected chi connectivity index (χ1v) is 7.65. The zero-order valence-corrected chi connectivity index (χ0v) is 12.6. The van der Waals surface area contributed by atoms with Gasteiger partial charge in [0.1, 0.15) is 10.6 Å². The second-order valence-corrected chi connectivity index (χ2v) is 6.59. The van der Waals surface area contributed by atoms with E-state index in [1.807, 2.05) is 6.07 Å². The Morgan fingerprint density at radius 3 is 2.38 bits per heavy atom. The van der Waals surface area contributed by atoms with Crippen molar-refractivity contribution < 1.29 is 13.5 Å². The molecule has 5 nitrogen and oxygen atoms in total. The summed E-state index contributed by atoms with van der Waals surface area (Å²) in [5.74, 6) is 0.0362. The first-order chi connectivity index (χ1) is 9.86. The van der Waals surface area contributed by atoms with Crippen LogP contribution in [0.2, 0.25) is 5.02 Å². The van der Waals surface area contributed by atoms with Crippen LogP contribution >= 0.6 is 11.6 Å². The van der Waals surface area contributed by atoms with Crippen molar-refractivity contribution in [2.45, 2.75) is 4.90 Å². The normalized spacial score (nSPS) is 10.9. The molecule has 0 bridgehead atoms. The van der Waals surface area contributed by atoms with Crippen LogP contribution < -0.4 is 4.31 Å². The summed E-state index contributed by atoms with van der Waals surface area (Å²) in [5, 5.41) is 18.2. The lowest BCUT2D eigenvalue weighted by atomic mass is 10.2. The maximum atomic E-state index is 12.6. The molecule has 0 spiro atoms. The number of hydrogen-bond donors (Lipinski definition) is 1. The number of phenols is 1. The average Bonchev–Trinajstić information content (AvgIpc) is 2.47. The van der Waals surface area contributed by atoms with Crippen molar-refractivity contribution in [3.63, 3.8) is 0 Å². The third kappa shape index (κ3) is 2.94. The van der Waals surface area contributed by atoms with Crippen LogP contribution in [0.5, 0.6) is 5.75 Å². The summed E-state index contributed by atoms with van der Waals surface area (Å²) < 4.78 is 26.2. The minimum atomic E-state index is -3.90. The van der Waals surface area contributed by atoms with E-state index in [1.54, 1.807) is 0 Å². The van der Waals surface area contributed by atoms with E-state index in [-0.39, 0.29) is 21.2 Å². The second kappa shape index (κ2) is 5.64. The van der Waals surface area contributed by atoms with E-state index in [0.717, 1.165) is 4.31 Å². The quantitative estimate of drug-likeness (QED) is 0.942. The Morgan fingerprint density at radius 1 is 1.19 bits per heavy atom. The molecular weight excluding hydrogens is 312 g/mol. The smallest absolute Gasteiger partial charge is 0.265 e. The van der Waals surface area contributed by atoms with E-state index < -0.39 is 10.0 Å². The zero-order chi connectivity index (χ0) is 15.6. The van der Waals surface area contributed by atoms with Gasteiger partial charge in [-0.1, -0.05) is 11.6 Å². The van der Waals surface area contributed by atoms with Crippen molar-refractivity contribution in [3.05, 3.63) is 53.1 Å². The van der Waals surface area contributed by atoms with Crippen LogP contribution in [-0.2, 0) is 10.0 Å². The van der Waals surface area contributed by atoms with Gasteiger partial charge in [0.05, 0.1) is 22.3 Å². The highest BCUT2D eigenvalue weighted by atomic mass is 35.5. The predicted octanol–water partition coefficient (Wildman–Crippen LogP) is 2.74. The molecule has 108 valence electrons. The van der Waals surface area contributed by atoms with Crippen molar-refractivity contribution in [1.29, 1.82) is 5.26 Å². The topological polar surface area (TPSA) is 81.4 Å². The molecule has 2 aromatic carbocycles. The molecule has 0 aliphatic carbocycles. The molecule has 1 N–H and O–H groups in total. The highest BCUT2D eigenvalue weighted by molar-refractivity contribution is 7.93. The highest BCUT2D eigenvalue weighted by Crippen LogP contribution is 2.28. The van der Waals surface area contributed by atoms with Gasteiger partial charge in [0.15, 0.2) is 0 Å². The first kappa shape index (κ1) is 15.2. The zero-order valence-electron chi connectivity index (χ0n) is 11.0. The molecule has 0 heterocycles. The summed E-state index contributed by atoms with van der Waals surface area (Å²) in [6.45, 7) is 0. The summed E-state index contributed by atoms with van der Waals surface area (Å²) in [7, 11) is -2.53. The van der Waals surface area contributed by atoms with Crippen molar-refractivity contribution in [1.82, 2.24) is 0 Å². The molecule has 0 unspecified atom stereocenters. The summed E-state index contributed by atoms with van der Waals surface area (Å²) in [6.07, 6.45) is 0. The second-order valence-electron chi connectivity index (χ2n) is 4.25. The van der Waals surface area contributed by atoms with E-state index in [9.17, 15) is 13.5 Å². The number of anilines is 1. The Balaban J connectivity index is 2.51. The Labute approximate surface area is 127 Å². The lowest BCUT2D eigenvalue weighted by molar-refractivity contribution is 0.475. The average molecular weight is 323 g/mol. The molecule has 0 saturated carbocycles. The van der Waals surface area contributed by atoms with Gasteiger partial charge in [-0.25, -0.2) is 8.42 Å². The van der Waals surface area contributed by atoms with Crippen molar-refractivity contribution >= 4 is 27.3 Å². The predicted molar refractivity (Wildman–Crippen MR) is 79.9 cm³/mol. The number of nitrogens with zero attached hydrogens (tertiary/aromatic N) is 2. The highest BCUT2D eigenvalue weighted by Gasteiger charge is 2.24. The molecule has 0 atom stereocenters. The van der Waals surface area contributed by atoms with E-state index in [0.29, 0.717) is 5.69 Å². The van der Waals surface area contributed by atoms with Crippen LogP contribution in [0.25, 0.3) is 0 Å².